The minimum absolute atomic E-state index is 0.416. The zero-order valence-corrected chi connectivity index (χ0v) is 11.7. The van der Waals surface area contributed by atoms with Crippen LogP contribution in [0.3, 0.4) is 0 Å². The zero-order chi connectivity index (χ0) is 14.8. The van der Waals surface area contributed by atoms with Crippen LogP contribution in [0, 0.1) is 0 Å². The van der Waals surface area contributed by atoms with Crippen molar-refractivity contribution >= 4 is 11.7 Å². The van der Waals surface area contributed by atoms with Gasteiger partial charge in [0.25, 0.3) is 0 Å². The van der Waals surface area contributed by atoms with Gasteiger partial charge in [-0.15, -0.1) is 0 Å². The Morgan fingerprint density at radius 1 is 1.38 bits per heavy atom. The van der Waals surface area contributed by atoms with Gasteiger partial charge in [0.15, 0.2) is 0 Å². The van der Waals surface area contributed by atoms with Gasteiger partial charge in [0.2, 0.25) is 5.88 Å². The normalized spacial score (nSPS) is 13.7. The van der Waals surface area contributed by atoms with Gasteiger partial charge < -0.3 is 14.7 Å². The molecule has 1 aliphatic rings. The van der Waals surface area contributed by atoms with E-state index in [9.17, 15) is 9.90 Å². The second kappa shape index (κ2) is 5.44. The summed E-state index contributed by atoms with van der Waals surface area (Å²) in [6.45, 7) is 1.48. The number of hydrogen-bond acceptors (Lipinski definition) is 4. The predicted molar refractivity (Wildman–Crippen MR) is 78.9 cm³/mol. The van der Waals surface area contributed by atoms with E-state index in [4.69, 9.17) is 4.74 Å². The SMILES string of the molecule is COc1cc(N2CCc3c(cccc3C(=O)O)C2)ccn1. The molecule has 5 heteroatoms. The van der Waals surface area contributed by atoms with Crippen LogP contribution in [0.4, 0.5) is 5.69 Å². The van der Waals surface area contributed by atoms with Gasteiger partial charge in [-0.3, -0.25) is 0 Å². The third-order valence-electron chi connectivity index (χ3n) is 3.79. The lowest BCUT2D eigenvalue weighted by Gasteiger charge is -2.31. The number of carboxylic acid groups (broad SMARTS) is 1. The number of hydrogen-bond donors (Lipinski definition) is 1. The number of ether oxygens (including phenoxy) is 1. The van der Waals surface area contributed by atoms with Crippen molar-refractivity contribution in [2.24, 2.45) is 0 Å². The maximum Gasteiger partial charge on any atom is 0.335 e. The van der Waals surface area contributed by atoms with Gasteiger partial charge in [-0.2, -0.15) is 0 Å². The van der Waals surface area contributed by atoms with Crippen LogP contribution in [0.15, 0.2) is 36.5 Å². The molecule has 2 heterocycles. The molecule has 21 heavy (non-hydrogen) atoms. The number of aromatic carboxylic acids is 1. The highest BCUT2D eigenvalue weighted by Gasteiger charge is 2.21. The summed E-state index contributed by atoms with van der Waals surface area (Å²) in [5, 5.41) is 9.25. The lowest BCUT2D eigenvalue weighted by Crippen LogP contribution is -2.31. The predicted octanol–water partition coefficient (Wildman–Crippen LogP) is 2.35. The number of carboxylic acids is 1. The third kappa shape index (κ3) is 2.54. The number of anilines is 1. The molecule has 0 radical (unpaired) electrons. The first-order chi connectivity index (χ1) is 10.2. The van der Waals surface area contributed by atoms with Crippen molar-refractivity contribution < 1.29 is 14.6 Å². The van der Waals surface area contributed by atoms with Crippen LogP contribution in [-0.4, -0.2) is 29.7 Å². The highest BCUT2D eigenvalue weighted by molar-refractivity contribution is 5.90. The molecular weight excluding hydrogens is 268 g/mol. The molecule has 0 fully saturated rings. The van der Waals surface area contributed by atoms with Gasteiger partial charge in [-0.05, 0) is 29.7 Å². The molecule has 0 saturated carbocycles. The van der Waals surface area contributed by atoms with Gasteiger partial charge in [-0.1, -0.05) is 12.1 Å². The number of nitrogens with zero attached hydrogens (tertiary/aromatic N) is 2. The molecule has 0 saturated heterocycles. The van der Waals surface area contributed by atoms with E-state index in [0.717, 1.165) is 29.8 Å². The van der Waals surface area contributed by atoms with E-state index in [1.165, 1.54) is 0 Å². The number of pyridine rings is 1. The molecule has 0 spiro atoms. The van der Waals surface area contributed by atoms with E-state index in [1.807, 2.05) is 18.2 Å². The lowest BCUT2D eigenvalue weighted by molar-refractivity contribution is 0.0695. The van der Waals surface area contributed by atoms with E-state index >= 15 is 0 Å². The lowest BCUT2D eigenvalue weighted by atomic mass is 9.94. The summed E-state index contributed by atoms with van der Waals surface area (Å²) < 4.78 is 5.15. The fraction of sp³-hybridized carbons (Fsp3) is 0.250. The Kier molecular flexibility index (Phi) is 3.48. The quantitative estimate of drug-likeness (QED) is 0.937. The molecule has 108 valence electrons. The molecule has 0 amide bonds. The van der Waals surface area contributed by atoms with Gasteiger partial charge in [-0.25, -0.2) is 9.78 Å². The molecule has 1 aromatic heterocycles. The molecule has 1 aliphatic heterocycles. The first kappa shape index (κ1) is 13.4. The van der Waals surface area contributed by atoms with Crippen LogP contribution in [0.25, 0.3) is 0 Å². The Balaban J connectivity index is 1.91. The molecule has 5 nitrogen and oxygen atoms in total. The average Bonchev–Trinajstić information content (AvgIpc) is 2.53. The largest absolute Gasteiger partial charge is 0.481 e. The summed E-state index contributed by atoms with van der Waals surface area (Å²) >= 11 is 0. The third-order valence-corrected chi connectivity index (χ3v) is 3.79. The number of carbonyl (C=O) groups is 1. The van der Waals surface area contributed by atoms with Crippen molar-refractivity contribution in [2.75, 3.05) is 18.6 Å². The van der Waals surface area contributed by atoms with Crippen molar-refractivity contribution in [3.63, 3.8) is 0 Å². The van der Waals surface area contributed by atoms with E-state index in [2.05, 4.69) is 9.88 Å². The van der Waals surface area contributed by atoms with Crippen LogP contribution in [-0.2, 0) is 13.0 Å². The summed E-state index contributed by atoms with van der Waals surface area (Å²) in [6, 6.07) is 9.30. The van der Waals surface area contributed by atoms with Crippen LogP contribution >= 0.6 is 0 Å². The second-order valence-corrected chi connectivity index (χ2v) is 4.98. The Bertz CT molecular complexity index is 685. The molecule has 0 unspecified atom stereocenters. The van der Waals surface area contributed by atoms with E-state index < -0.39 is 5.97 Å². The second-order valence-electron chi connectivity index (χ2n) is 4.98. The topological polar surface area (TPSA) is 62.7 Å². The maximum absolute atomic E-state index is 11.3. The summed E-state index contributed by atoms with van der Waals surface area (Å²) in [6.07, 6.45) is 2.44. The van der Waals surface area contributed by atoms with Crippen molar-refractivity contribution in [3.8, 4) is 5.88 Å². The van der Waals surface area contributed by atoms with Gasteiger partial charge in [0, 0.05) is 31.0 Å². The number of aromatic nitrogens is 1. The van der Waals surface area contributed by atoms with Crippen LogP contribution in [0.2, 0.25) is 0 Å². The van der Waals surface area contributed by atoms with Gasteiger partial charge in [0.1, 0.15) is 0 Å². The first-order valence-electron chi connectivity index (χ1n) is 6.78. The number of methoxy groups -OCH3 is 1. The molecular formula is C16H16N2O3. The van der Waals surface area contributed by atoms with Gasteiger partial charge >= 0.3 is 5.97 Å². The minimum atomic E-state index is -0.856. The highest BCUT2D eigenvalue weighted by atomic mass is 16.5. The van der Waals surface area contributed by atoms with E-state index in [0.29, 0.717) is 18.0 Å². The van der Waals surface area contributed by atoms with E-state index in [1.54, 1.807) is 25.4 Å². The first-order valence-corrected chi connectivity index (χ1v) is 6.78. The summed E-state index contributed by atoms with van der Waals surface area (Å²) in [5.74, 6) is -0.275. The standard InChI is InChI=1S/C16H16N2O3/c1-21-15-9-12(5-7-17-15)18-8-6-13-11(10-18)3-2-4-14(13)16(19)20/h2-5,7,9H,6,8,10H2,1H3,(H,19,20). The Hall–Kier alpha value is -2.56. The molecule has 2 aromatic rings. The van der Waals surface area contributed by atoms with Crippen molar-refractivity contribution in [2.45, 2.75) is 13.0 Å². The number of fused-ring (bicyclic) bond motifs is 1. The van der Waals surface area contributed by atoms with Crippen LogP contribution < -0.4 is 9.64 Å². The zero-order valence-electron chi connectivity index (χ0n) is 11.7. The molecule has 1 aromatic carbocycles. The summed E-state index contributed by atoms with van der Waals surface area (Å²) in [4.78, 5) is 17.6. The van der Waals surface area contributed by atoms with Crippen LogP contribution in [0.5, 0.6) is 5.88 Å². The molecule has 1 N–H and O–H groups in total. The summed E-state index contributed by atoms with van der Waals surface area (Å²) in [5.41, 5.74) is 3.46. The van der Waals surface area contributed by atoms with Crippen LogP contribution in [0.1, 0.15) is 21.5 Å². The monoisotopic (exact) mass is 284 g/mol. The Morgan fingerprint density at radius 3 is 3.00 bits per heavy atom. The Labute approximate surface area is 122 Å². The number of benzene rings is 1. The molecule has 3 rings (SSSR count). The van der Waals surface area contributed by atoms with E-state index in [-0.39, 0.29) is 0 Å². The van der Waals surface area contributed by atoms with Gasteiger partial charge in [0.05, 0.1) is 12.7 Å². The summed E-state index contributed by atoms with van der Waals surface area (Å²) in [7, 11) is 1.59. The number of rotatable bonds is 3. The fourth-order valence-corrected chi connectivity index (χ4v) is 2.74. The minimum Gasteiger partial charge on any atom is -0.481 e. The van der Waals surface area contributed by atoms with Crippen molar-refractivity contribution in [1.82, 2.24) is 4.98 Å². The fourth-order valence-electron chi connectivity index (χ4n) is 2.74. The van der Waals surface area contributed by atoms with Crippen molar-refractivity contribution in [3.05, 3.63) is 53.2 Å². The molecule has 0 bridgehead atoms. The maximum atomic E-state index is 11.3. The average molecular weight is 284 g/mol. The smallest absolute Gasteiger partial charge is 0.335 e. The highest BCUT2D eigenvalue weighted by Crippen LogP contribution is 2.27. The molecule has 0 atom stereocenters. The van der Waals surface area contributed by atoms with Crippen molar-refractivity contribution in [1.29, 1.82) is 0 Å². The Morgan fingerprint density at radius 2 is 2.24 bits per heavy atom. The molecule has 0 aliphatic carbocycles.